The highest BCUT2D eigenvalue weighted by Crippen LogP contribution is 2.17. The molecule has 0 saturated carbocycles. The van der Waals surface area contributed by atoms with Gasteiger partial charge in [0.05, 0.1) is 12.7 Å². The third kappa shape index (κ3) is 5.98. The van der Waals surface area contributed by atoms with Crippen molar-refractivity contribution in [2.75, 3.05) is 20.2 Å². The molecule has 1 N–H and O–H groups in total. The highest BCUT2D eigenvalue weighted by Gasteiger charge is 2.24. The summed E-state index contributed by atoms with van der Waals surface area (Å²) in [5, 5.41) is 2.90. The van der Waals surface area contributed by atoms with Gasteiger partial charge in [-0.1, -0.05) is 6.07 Å². The Bertz CT molecular complexity index is 657. The highest BCUT2D eigenvalue weighted by atomic mass is 19.1. The fraction of sp³-hybridized carbons (Fsp3) is 0.579. The summed E-state index contributed by atoms with van der Waals surface area (Å²) in [7, 11) is 1.23. The van der Waals surface area contributed by atoms with Gasteiger partial charge in [-0.2, -0.15) is 0 Å². The van der Waals surface area contributed by atoms with E-state index < -0.39 is 23.5 Å². The minimum absolute atomic E-state index is 0.000809. The Labute approximate surface area is 153 Å². The lowest BCUT2D eigenvalue weighted by Crippen LogP contribution is -2.48. The van der Waals surface area contributed by atoms with E-state index in [0.29, 0.717) is 13.1 Å². The van der Waals surface area contributed by atoms with E-state index in [9.17, 15) is 14.0 Å². The molecule has 2 rings (SSSR count). The van der Waals surface area contributed by atoms with Crippen molar-refractivity contribution in [1.29, 1.82) is 0 Å². The number of halogens is 1. The van der Waals surface area contributed by atoms with Crippen LogP contribution in [0, 0.1) is 5.82 Å². The zero-order valence-corrected chi connectivity index (χ0v) is 15.8. The van der Waals surface area contributed by atoms with Crippen LogP contribution >= 0.6 is 0 Å². The molecule has 0 bridgehead atoms. The van der Waals surface area contributed by atoms with Crippen molar-refractivity contribution in [3.05, 3.63) is 35.1 Å². The van der Waals surface area contributed by atoms with E-state index >= 15 is 0 Å². The first-order chi connectivity index (χ1) is 12.2. The summed E-state index contributed by atoms with van der Waals surface area (Å²) in [6.07, 6.45) is 1.40. The van der Waals surface area contributed by atoms with Gasteiger partial charge >= 0.3 is 12.1 Å². The third-order valence-corrected chi connectivity index (χ3v) is 4.07. The summed E-state index contributed by atoms with van der Waals surface area (Å²) in [5.74, 6) is -1.28. The van der Waals surface area contributed by atoms with E-state index in [4.69, 9.17) is 4.74 Å². The molecule has 1 aromatic rings. The summed E-state index contributed by atoms with van der Waals surface area (Å²) in [6, 6.07) is 4.46. The van der Waals surface area contributed by atoms with Crippen LogP contribution in [0.1, 0.15) is 49.5 Å². The average Bonchev–Trinajstić information content (AvgIpc) is 2.54. The van der Waals surface area contributed by atoms with Gasteiger partial charge in [0.15, 0.2) is 0 Å². The maximum absolute atomic E-state index is 13.8. The number of piperidine rings is 1. The summed E-state index contributed by atoms with van der Waals surface area (Å²) in [6.45, 7) is 7.59. The molecule has 0 aromatic heterocycles. The van der Waals surface area contributed by atoms with Crippen LogP contribution in [0.2, 0.25) is 0 Å². The van der Waals surface area contributed by atoms with Crippen LogP contribution in [0.5, 0.6) is 0 Å². The third-order valence-electron chi connectivity index (χ3n) is 4.07. The molecule has 144 valence electrons. The Hall–Kier alpha value is -2.15. The van der Waals surface area contributed by atoms with E-state index in [0.717, 1.165) is 24.9 Å². The van der Waals surface area contributed by atoms with Crippen molar-refractivity contribution in [2.45, 2.75) is 51.8 Å². The van der Waals surface area contributed by atoms with Gasteiger partial charge in [-0.15, -0.1) is 0 Å². The molecule has 1 heterocycles. The molecule has 1 saturated heterocycles. The van der Waals surface area contributed by atoms with Crippen molar-refractivity contribution >= 4 is 12.1 Å². The summed E-state index contributed by atoms with van der Waals surface area (Å²) < 4.78 is 23.7. The van der Waals surface area contributed by atoms with Crippen LogP contribution in [0.4, 0.5) is 9.18 Å². The maximum atomic E-state index is 13.8. The second-order valence-corrected chi connectivity index (χ2v) is 7.53. The number of carbonyl (C=O) groups is 2. The molecular formula is C19H27FN2O4. The molecule has 1 aliphatic rings. The number of nitrogens with zero attached hydrogens (tertiary/aromatic N) is 1. The van der Waals surface area contributed by atoms with Crippen molar-refractivity contribution in [3.8, 4) is 0 Å². The standard InChI is InChI=1S/C19H27FN2O4/c1-19(2,3)26-18(24)21-14-6-5-9-22(12-14)11-13-7-8-16(20)15(10-13)17(23)25-4/h7-8,10,14H,5-6,9,11-12H2,1-4H3,(H,21,24)/t14-/m1/s1. The van der Waals surface area contributed by atoms with Crippen molar-refractivity contribution < 1.29 is 23.5 Å². The number of carbonyl (C=O) groups excluding carboxylic acids is 2. The number of nitrogens with one attached hydrogen (secondary N) is 1. The lowest BCUT2D eigenvalue weighted by molar-refractivity contribution is 0.0469. The molecule has 7 heteroatoms. The largest absolute Gasteiger partial charge is 0.465 e. The molecule has 1 fully saturated rings. The number of benzene rings is 1. The first-order valence-corrected chi connectivity index (χ1v) is 8.76. The Balaban J connectivity index is 1.96. The van der Waals surface area contributed by atoms with Crippen molar-refractivity contribution in [3.63, 3.8) is 0 Å². The number of rotatable bonds is 4. The molecule has 1 aromatic carbocycles. The van der Waals surface area contributed by atoms with E-state index in [1.54, 1.807) is 6.07 Å². The van der Waals surface area contributed by atoms with Gasteiger partial charge < -0.3 is 14.8 Å². The fourth-order valence-electron chi connectivity index (χ4n) is 2.99. The van der Waals surface area contributed by atoms with Crippen LogP contribution in [-0.2, 0) is 16.0 Å². The highest BCUT2D eigenvalue weighted by molar-refractivity contribution is 5.89. The van der Waals surface area contributed by atoms with Crippen LogP contribution in [0.15, 0.2) is 18.2 Å². The topological polar surface area (TPSA) is 67.9 Å². The Morgan fingerprint density at radius 1 is 1.35 bits per heavy atom. The molecule has 1 atom stereocenters. The normalized spacial score (nSPS) is 18.3. The zero-order valence-electron chi connectivity index (χ0n) is 15.8. The number of alkyl carbamates (subject to hydrolysis) is 1. The molecule has 0 radical (unpaired) electrons. The van der Waals surface area contributed by atoms with Gasteiger partial charge in [0.25, 0.3) is 0 Å². The molecule has 0 aliphatic carbocycles. The SMILES string of the molecule is COC(=O)c1cc(CN2CCC[C@@H](NC(=O)OC(C)(C)C)C2)ccc1F. The Morgan fingerprint density at radius 3 is 2.73 bits per heavy atom. The van der Waals surface area contributed by atoms with Gasteiger partial charge in [-0.3, -0.25) is 4.90 Å². The van der Waals surface area contributed by atoms with E-state index in [2.05, 4.69) is 15.0 Å². The van der Waals surface area contributed by atoms with Gasteiger partial charge in [0, 0.05) is 19.1 Å². The molecule has 1 aliphatic heterocycles. The average molecular weight is 366 g/mol. The van der Waals surface area contributed by atoms with Gasteiger partial charge in [0.2, 0.25) is 0 Å². The fourth-order valence-corrected chi connectivity index (χ4v) is 2.99. The van der Waals surface area contributed by atoms with Crippen LogP contribution in [0.25, 0.3) is 0 Å². The van der Waals surface area contributed by atoms with Gasteiger partial charge in [-0.05, 0) is 57.9 Å². The summed E-state index contributed by atoms with van der Waals surface area (Å²) in [4.78, 5) is 25.7. The molecular weight excluding hydrogens is 339 g/mol. The second-order valence-electron chi connectivity index (χ2n) is 7.53. The summed E-state index contributed by atoms with van der Waals surface area (Å²) >= 11 is 0. The number of ether oxygens (including phenoxy) is 2. The zero-order chi connectivity index (χ0) is 19.3. The molecule has 1 amide bonds. The predicted molar refractivity (Wildman–Crippen MR) is 95.4 cm³/mol. The van der Waals surface area contributed by atoms with Gasteiger partial charge in [-0.25, -0.2) is 14.0 Å². The number of esters is 1. The lowest BCUT2D eigenvalue weighted by atomic mass is 10.0. The van der Waals surface area contributed by atoms with Crippen LogP contribution in [-0.4, -0.2) is 48.8 Å². The smallest absolute Gasteiger partial charge is 0.407 e. The van der Waals surface area contributed by atoms with E-state index in [1.807, 2.05) is 20.8 Å². The first kappa shape index (κ1) is 20.2. The van der Waals surface area contributed by atoms with Crippen molar-refractivity contribution in [1.82, 2.24) is 10.2 Å². The number of likely N-dealkylation sites (tertiary alicyclic amines) is 1. The van der Waals surface area contributed by atoms with Crippen LogP contribution < -0.4 is 5.32 Å². The number of amides is 1. The quantitative estimate of drug-likeness (QED) is 0.830. The Kier molecular flexibility index (Phi) is 6.58. The lowest BCUT2D eigenvalue weighted by Gasteiger charge is -2.33. The summed E-state index contributed by atoms with van der Waals surface area (Å²) in [5.41, 5.74) is 0.228. The minimum atomic E-state index is -0.688. The van der Waals surface area contributed by atoms with Crippen LogP contribution in [0.3, 0.4) is 0 Å². The molecule has 0 unspecified atom stereocenters. The number of methoxy groups -OCH3 is 1. The first-order valence-electron chi connectivity index (χ1n) is 8.76. The van der Waals surface area contributed by atoms with E-state index in [-0.39, 0.29) is 11.6 Å². The maximum Gasteiger partial charge on any atom is 0.407 e. The molecule has 0 spiro atoms. The molecule has 26 heavy (non-hydrogen) atoms. The van der Waals surface area contributed by atoms with Gasteiger partial charge in [0.1, 0.15) is 11.4 Å². The Morgan fingerprint density at radius 2 is 2.08 bits per heavy atom. The van der Waals surface area contributed by atoms with E-state index in [1.165, 1.54) is 19.2 Å². The van der Waals surface area contributed by atoms with Crippen molar-refractivity contribution in [2.24, 2.45) is 0 Å². The number of hydrogen-bond donors (Lipinski definition) is 1. The predicted octanol–water partition coefficient (Wildman–Crippen LogP) is 3.10. The minimum Gasteiger partial charge on any atom is -0.465 e. The molecule has 6 nitrogen and oxygen atoms in total. The number of hydrogen-bond acceptors (Lipinski definition) is 5. The second kappa shape index (κ2) is 8.49. The monoisotopic (exact) mass is 366 g/mol.